The summed E-state index contributed by atoms with van der Waals surface area (Å²) in [5, 5.41) is 3.44. The monoisotopic (exact) mass is 189 g/mol. The molecule has 0 bridgehead atoms. The van der Waals surface area contributed by atoms with Crippen molar-refractivity contribution in [1.29, 1.82) is 0 Å². The van der Waals surface area contributed by atoms with E-state index in [1.165, 1.54) is 16.7 Å². The molecular weight excluding hydrogens is 170 g/mol. The number of hydrogen-bond acceptors (Lipinski definition) is 1. The van der Waals surface area contributed by atoms with Crippen LogP contribution in [0.5, 0.6) is 0 Å². The van der Waals surface area contributed by atoms with Gasteiger partial charge in [-0.15, -0.1) is 0 Å². The predicted octanol–water partition coefficient (Wildman–Crippen LogP) is 3.22. The van der Waals surface area contributed by atoms with Crippen molar-refractivity contribution in [2.45, 2.75) is 26.8 Å². The second-order valence-electron chi connectivity index (χ2n) is 3.92. The Kier molecular flexibility index (Phi) is 3.90. The van der Waals surface area contributed by atoms with Crippen LogP contribution in [-0.2, 0) is 0 Å². The van der Waals surface area contributed by atoms with E-state index in [-0.39, 0.29) is 0 Å². The topological polar surface area (TPSA) is 12.0 Å². The van der Waals surface area contributed by atoms with Gasteiger partial charge in [0.2, 0.25) is 0 Å². The van der Waals surface area contributed by atoms with E-state index in [1.807, 2.05) is 6.92 Å². The summed E-state index contributed by atoms with van der Waals surface area (Å²) in [7, 11) is 0. The zero-order valence-electron chi connectivity index (χ0n) is 9.30. The first kappa shape index (κ1) is 11.0. The highest BCUT2D eigenvalue weighted by atomic mass is 14.9. The van der Waals surface area contributed by atoms with Crippen LogP contribution in [0.25, 0.3) is 0 Å². The maximum Gasteiger partial charge on any atom is 0.0297 e. The summed E-state index contributed by atoms with van der Waals surface area (Å²) in [6.45, 7) is 11.1. The van der Waals surface area contributed by atoms with Gasteiger partial charge in [-0.3, -0.25) is 0 Å². The first-order valence-electron chi connectivity index (χ1n) is 5.04. The molecule has 0 unspecified atom stereocenters. The van der Waals surface area contributed by atoms with E-state index in [2.05, 4.69) is 50.0 Å². The standard InChI is InChI=1S/C13H19N/c1-10(2)9-14-12(4)13-8-6-5-7-11(13)3/h5-8,12,14H,1,9H2,2-4H3/t12-/m0/s1. The highest BCUT2D eigenvalue weighted by Crippen LogP contribution is 2.16. The SMILES string of the molecule is C=C(C)CN[C@@H](C)c1ccccc1C. The number of hydrogen-bond donors (Lipinski definition) is 1. The summed E-state index contributed by atoms with van der Waals surface area (Å²) in [4.78, 5) is 0. The minimum Gasteiger partial charge on any atom is -0.306 e. The van der Waals surface area contributed by atoms with Crippen molar-refractivity contribution < 1.29 is 0 Å². The quantitative estimate of drug-likeness (QED) is 0.717. The van der Waals surface area contributed by atoms with Crippen molar-refractivity contribution in [3.8, 4) is 0 Å². The number of benzene rings is 1. The van der Waals surface area contributed by atoms with Crippen LogP contribution < -0.4 is 5.32 Å². The first-order valence-corrected chi connectivity index (χ1v) is 5.04. The summed E-state index contributed by atoms with van der Waals surface area (Å²) in [6, 6.07) is 8.87. The molecule has 0 saturated carbocycles. The maximum absolute atomic E-state index is 3.88. The first-order chi connectivity index (χ1) is 6.61. The second-order valence-corrected chi connectivity index (χ2v) is 3.92. The molecule has 0 amide bonds. The Bertz CT molecular complexity index is 315. The largest absolute Gasteiger partial charge is 0.306 e. The van der Waals surface area contributed by atoms with Crippen molar-refractivity contribution in [2.75, 3.05) is 6.54 Å². The molecule has 0 aromatic heterocycles. The van der Waals surface area contributed by atoms with Gasteiger partial charge in [0.05, 0.1) is 0 Å². The lowest BCUT2D eigenvalue weighted by atomic mass is 10.0. The van der Waals surface area contributed by atoms with Gasteiger partial charge in [0.25, 0.3) is 0 Å². The van der Waals surface area contributed by atoms with E-state index in [1.54, 1.807) is 0 Å². The molecule has 0 spiro atoms. The molecule has 0 heterocycles. The summed E-state index contributed by atoms with van der Waals surface area (Å²) < 4.78 is 0. The van der Waals surface area contributed by atoms with Gasteiger partial charge in [0, 0.05) is 12.6 Å². The predicted molar refractivity (Wildman–Crippen MR) is 62.4 cm³/mol. The zero-order valence-corrected chi connectivity index (χ0v) is 9.30. The average Bonchev–Trinajstić information content (AvgIpc) is 2.15. The molecule has 1 nitrogen and oxygen atoms in total. The van der Waals surface area contributed by atoms with Crippen molar-refractivity contribution in [3.05, 3.63) is 47.5 Å². The van der Waals surface area contributed by atoms with Gasteiger partial charge in [-0.2, -0.15) is 0 Å². The van der Waals surface area contributed by atoms with Crippen molar-refractivity contribution in [3.63, 3.8) is 0 Å². The van der Waals surface area contributed by atoms with E-state index >= 15 is 0 Å². The van der Waals surface area contributed by atoms with Crippen LogP contribution in [0.15, 0.2) is 36.4 Å². The Morgan fingerprint density at radius 1 is 1.43 bits per heavy atom. The fourth-order valence-electron chi connectivity index (χ4n) is 1.51. The van der Waals surface area contributed by atoms with Crippen molar-refractivity contribution >= 4 is 0 Å². The Morgan fingerprint density at radius 3 is 2.64 bits per heavy atom. The number of aryl methyl sites for hydroxylation is 1. The van der Waals surface area contributed by atoms with Gasteiger partial charge in [-0.25, -0.2) is 0 Å². The fourth-order valence-corrected chi connectivity index (χ4v) is 1.51. The van der Waals surface area contributed by atoms with Crippen molar-refractivity contribution in [1.82, 2.24) is 5.32 Å². The molecule has 0 saturated heterocycles. The Labute approximate surface area is 86.8 Å². The molecule has 0 aliphatic heterocycles. The molecule has 0 radical (unpaired) electrons. The van der Waals surface area contributed by atoms with E-state index in [0.717, 1.165) is 6.54 Å². The van der Waals surface area contributed by atoms with E-state index in [0.29, 0.717) is 6.04 Å². The molecule has 0 aliphatic carbocycles. The molecule has 1 aromatic carbocycles. The van der Waals surface area contributed by atoms with Crippen LogP contribution >= 0.6 is 0 Å². The lowest BCUT2D eigenvalue weighted by molar-refractivity contribution is 0.604. The third-order valence-corrected chi connectivity index (χ3v) is 2.36. The minimum atomic E-state index is 0.396. The van der Waals surface area contributed by atoms with E-state index in [4.69, 9.17) is 0 Å². The van der Waals surface area contributed by atoms with E-state index in [9.17, 15) is 0 Å². The molecule has 1 rings (SSSR count). The maximum atomic E-state index is 3.88. The normalized spacial score (nSPS) is 12.5. The molecule has 0 fully saturated rings. The van der Waals surface area contributed by atoms with Crippen LogP contribution in [-0.4, -0.2) is 6.54 Å². The fraction of sp³-hybridized carbons (Fsp3) is 0.385. The smallest absolute Gasteiger partial charge is 0.0297 e. The zero-order chi connectivity index (χ0) is 10.6. The van der Waals surface area contributed by atoms with Gasteiger partial charge in [0.1, 0.15) is 0 Å². The third-order valence-electron chi connectivity index (χ3n) is 2.36. The summed E-state index contributed by atoms with van der Waals surface area (Å²) >= 11 is 0. The van der Waals surface area contributed by atoms with Gasteiger partial charge in [-0.05, 0) is 31.9 Å². The average molecular weight is 189 g/mol. The summed E-state index contributed by atoms with van der Waals surface area (Å²) in [5.74, 6) is 0. The van der Waals surface area contributed by atoms with Gasteiger partial charge >= 0.3 is 0 Å². The third kappa shape index (κ3) is 3.00. The van der Waals surface area contributed by atoms with Gasteiger partial charge in [0.15, 0.2) is 0 Å². The van der Waals surface area contributed by atoms with Gasteiger partial charge < -0.3 is 5.32 Å². The van der Waals surface area contributed by atoms with E-state index < -0.39 is 0 Å². The van der Waals surface area contributed by atoms with Crippen LogP contribution in [0.2, 0.25) is 0 Å². The highest BCUT2D eigenvalue weighted by molar-refractivity contribution is 5.28. The lowest BCUT2D eigenvalue weighted by Gasteiger charge is -2.16. The molecular formula is C13H19N. The van der Waals surface area contributed by atoms with Crippen LogP contribution in [0, 0.1) is 6.92 Å². The summed E-state index contributed by atoms with van der Waals surface area (Å²) in [6.07, 6.45) is 0. The molecule has 1 N–H and O–H groups in total. The molecule has 76 valence electrons. The summed E-state index contributed by atoms with van der Waals surface area (Å²) in [5.41, 5.74) is 3.88. The second kappa shape index (κ2) is 4.97. The molecule has 1 atom stereocenters. The molecule has 14 heavy (non-hydrogen) atoms. The molecule has 1 aromatic rings. The molecule has 0 aliphatic rings. The number of rotatable bonds is 4. The van der Waals surface area contributed by atoms with Crippen LogP contribution in [0.3, 0.4) is 0 Å². The Hall–Kier alpha value is -1.08. The molecule has 1 heteroatoms. The Morgan fingerprint density at radius 2 is 2.07 bits per heavy atom. The Balaban J connectivity index is 2.65. The van der Waals surface area contributed by atoms with Crippen LogP contribution in [0.1, 0.15) is 31.0 Å². The van der Waals surface area contributed by atoms with Crippen LogP contribution in [0.4, 0.5) is 0 Å². The highest BCUT2D eigenvalue weighted by Gasteiger charge is 2.05. The van der Waals surface area contributed by atoms with Crippen molar-refractivity contribution in [2.24, 2.45) is 0 Å². The minimum absolute atomic E-state index is 0.396. The lowest BCUT2D eigenvalue weighted by Crippen LogP contribution is -2.20. The van der Waals surface area contributed by atoms with Gasteiger partial charge in [-0.1, -0.05) is 36.4 Å². The number of nitrogens with one attached hydrogen (secondary N) is 1.